The second kappa shape index (κ2) is 10.7. The van der Waals surface area contributed by atoms with Gasteiger partial charge in [-0.1, -0.05) is 13.8 Å². The van der Waals surface area contributed by atoms with Crippen molar-refractivity contribution in [3.05, 3.63) is 47.3 Å². The van der Waals surface area contributed by atoms with Crippen molar-refractivity contribution in [1.82, 2.24) is 15.3 Å². The molecule has 0 atom stereocenters. The van der Waals surface area contributed by atoms with Crippen LogP contribution in [-0.4, -0.2) is 41.0 Å². The molecule has 0 spiro atoms. The number of carbonyl (C=O) groups excluding carboxylic acids is 2. The number of aromatic nitrogens is 2. The Bertz CT molecular complexity index is 917. The number of Topliss-reactive ketones (excluding diaryl/α,β-unsaturated/α-hetero) is 1. The number of rotatable bonds is 10. The van der Waals surface area contributed by atoms with Gasteiger partial charge in [-0.05, 0) is 25.1 Å². The average molecular weight is 439 g/mol. The minimum atomic E-state index is -4.48. The highest BCUT2D eigenvalue weighted by Crippen LogP contribution is 2.22. The summed E-state index contributed by atoms with van der Waals surface area (Å²) in [5.74, 6) is -0.678. The molecule has 2 aromatic rings. The van der Waals surface area contributed by atoms with Crippen LogP contribution in [0.2, 0.25) is 0 Å². The topological polar surface area (TPSA) is 90.4 Å². The zero-order valence-corrected chi connectivity index (χ0v) is 17.5. The third-order valence-corrected chi connectivity index (χ3v) is 4.10. The van der Waals surface area contributed by atoms with Crippen LogP contribution in [0.25, 0.3) is 0 Å². The summed E-state index contributed by atoms with van der Waals surface area (Å²) in [5.41, 5.74) is 1.30. The molecule has 0 aromatic carbocycles. The summed E-state index contributed by atoms with van der Waals surface area (Å²) in [6, 6.07) is 5.82. The lowest BCUT2D eigenvalue weighted by atomic mass is 10.0. The molecule has 0 unspecified atom stereocenters. The first kappa shape index (κ1) is 24.1. The van der Waals surface area contributed by atoms with Crippen molar-refractivity contribution in [3.63, 3.8) is 0 Å². The Kier molecular flexibility index (Phi) is 8.35. The van der Waals surface area contributed by atoms with E-state index in [2.05, 4.69) is 20.0 Å². The van der Waals surface area contributed by atoms with Crippen molar-refractivity contribution in [1.29, 1.82) is 0 Å². The molecular weight excluding hydrogens is 415 g/mol. The highest BCUT2D eigenvalue weighted by molar-refractivity contribution is 5.94. The van der Waals surface area contributed by atoms with Crippen LogP contribution in [-0.2, 0) is 17.8 Å². The van der Waals surface area contributed by atoms with Gasteiger partial charge in [-0.3, -0.25) is 14.6 Å². The third-order valence-electron chi connectivity index (χ3n) is 4.10. The van der Waals surface area contributed by atoms with Crippen molar-refractivity contribution in [2.24, 2.45) is 5.92 Å². The zero-order chi connectivity index (χ0) is 23.0. The molecule has 2 heterocycles. The third kappa shape index (κ3) is 7.88. The molecule has 0 aliphatic heterocycles. The van der Waals surface area contributed by atoms with Crippen LogP contribution >= 0.6 is 0 Å². The van der Waals surface area contributed by atoms with E-state index in [9.17, 15) is 22.8 Å². The van der Waals surface area contributed by atoms with Crippen LogP contribution in [0.3, 0.4) is 0 Å². The SMILES string of the molecule is CCOc1nc(OCC(F)(F)F)ccc1CNC(=O)c1ccnc(CC(=O)C(C)C)c1. The normalized spacial score (nSPS) is 11.3. The fourth-order valence-electron chi connectivity index (χ4n) is 2.46. The molecular formula is C21H24F3N3O4. The van der Waals surface area contributed by atoms with Crippen LogP contribution in [0.5, 0.6) is 11.8 Å². The molecule has 0 radical (unpaired) electrons. The van der Waals surface area contributed by atoms with Gasteiger partial charge in [0.15, 0.2) is 6.61 Å². The summed E-state index contributed by atoms with van der Waals surface area (Å²) in [5, 5.41) is 2.70. The number of halogens is 3. The fraction of sp³-hybridized carbons (Fsp3) is 0.429. The first-order valence-corrected chi connectivity index (χ1v) is 9.67. The van der Waals surface area contributed by atoms with Gasteiger partial charge in [0.1, 0.15) is 5.78 Å². The Labute approximate surface area is 178 Å². The Balaban J connectivity index is 2.06. The zero-order valence-electron chi connectivity index (χ0n) is 17.5. The number of pyridine rings is 2. The minimum Gasteiger partial charge on any atom is -0.478 e. The molecule has 1 N–H and O–H groups in total. The van der Waals surface area contributed by atoms with Gasteiger partial charge in [0, 0.05) is 48.0 Å². The first-order valence-electron chi connectivity index (χ1n) is 9.67. The van der Waals surface area contributed by atoms with Crippen LogP contribution in [0.15, 0.2) is 30.5 Å². The molecule has 1 amide bonds. The maximum absolute atomic E-state index is 12.5. The Morgan fingerprint density at radius 2 is 1.90 bits per heavy atom. The summed E-state index contributed by atoms with van der Waals surface area (Å²) in [6.07, 6.45) is -2.89. The Morgan fingerprint density at radius 1 is 1.16 bits per heavy atom. The quantitative estimate of drug-likeness (QED) is 0.609. The summed E-state index contributed by atoms with van der Waals surface area (Å²) >= 11 is 0. The van der Waals surface area contributed by atoms with E-state index in [0.717, 1.165) is 0 Å². The van der Waals surface area contributed by atoms with Crippen LogP contribution in [0.1, 0.15) is 42.4 Å². The van der Waals surface area contributed by atoms with E-state index in [0.29, 0.717) is 16.8 Å². The van der Waals surface area contributed by atoms with Crippen LogP contribution in [0.4, 0.5) is 13.2 Å². The van der Waals surface area contributed by atoms with Crippen molar-refractivity contribution in [2.75, 3.05) is 13.2 Å². The molecule has 0 saturated heterocycles. The van der Waals surface area contributed by atoms with E-state index in [1.807, 2.05) is 0 Å². The summed E-state index contributed by atoms with van der Waals surface area (Å²) < 4.78 is 47.0. The molecule has 168 valence electrons. The molecule has 0 fully saturated rings. The van der Waals surface area contributed by atoms with Gasteiger partial charge in [0.2, 0.25) is 11.8 Å². The van der Waals surface area contributed by atoms with Gasteiger partial charge in [-0.25, -0.2) is 0 Å². The minimum absolute atomic E-state index is 0.0188. The molecule has 31 heavy (non-hydrogen) atoms. The molecule has 0 aliphatic rings. The van der Waals surface area contributed by atoms with Gasteiger partial charge < -0.3 is 14.8 Å². The lowest BCUT2D eigenvalue weighted by Gasteiger charge is -2.13. The number of hydrogen-bond donors (Lipinski definition) is 1. The monoisotopic (exact) mass is 439 g/mol. The van der Waals surface area contributed by atoms with Gasteiger partial charge in [-0.15, -0.1) is 0 Å². The van der Waals surface area contributed by atoms with Gasteiger partial charge in [-0.2, -0.15) is 18.2 Å². The molecule has 2 aromatic heterocycles. The number of alkyl halides is 3. The van der Waals surface area contributed by atoms with Crippen molar-refractivity contribution < 1.29 is 32.2 Å². The number of ether oxygens (including phenoxy) is 2. The van der Waals surface area contributed by atoms with E-state index in [4.69, 9.17) is 4.74 Å². The van der Waals surface area contributed by atoms with Crippen molar-refractivity contribution in [3.8, 4) is 11.8 Å². The van der Waals surface area contributed by atoms with Gasteiger partial charge in [0.25, 0.3) is 5.91 Å². The smallest absolute Gasteiger partial charge is 0.422 e. The second-order valence-corrected chi connectivity index (χ2v) is 6.97. The van der Waals surface area contributed by atoms with Gasteiger partial charge in [0.05, 0.1) is 6.61 Å². The molecule has 0 aliphatic carbocycles. The highest BCUT2D eigenvalue weighted by Gasteiger charge is 2.28. The van der Waals surface area contributed by atoms with E-state index in [-0.39, 0.29) is 43.0 Å². The lowest BCUT2D eigenvalue weighted by Crippen LogP contribution is -2.24. The maximum atomic E-state index is 12.5. The van der Waals surface area contributed by atoms with Crippen molar-refractivity contribution in [2.45, 2.75) is 39.9 Å². The largest absolute Gasteiger partial charge is 0.478 e. The standard InChI is InChI=1S/C21H24F3N3O4/c1-4-30-20-15(5-6-18(27-20)31-12-21(22,23)24)11-26-19(29)14-7-8-25-16(9-14)10-17(28)13(2)3/h5-9,13H,4,10-12H2,1-3H3,(H,26,29). The summed E-state index contributed by atoms with van der Waals surface area (Å²) in [6.45, 7) is 4.08. The van der Waals surface area contributed by atoms with Crippen LogP contribution < -0.4 is 14.8 Å². The Hall–Kier alpha value is -3.17. The number of amides is 1. The number of nitrogens with zero attached hydrogens (tertiary/aromatic N) is 2. The molecule has 10 heteroatoms. The van der Waals surface area contributed by atoms with Gasteiger partial charge >= 0.3 is 6.18 Å². The number of hydrogen-bond acceptors (Lipinski definition) is 6. The van der Waals surface area contributed by atoms with Crippen molar-refractivity contribution >= 4 is 11.7 Å². The molecule has 7 nitrogen and oxygen atoms in total. The average Bonchev–Trinajstić information content (AvgIpc) is 2.71. The molecule has 0 bridgehead atoms. The van der Waals surface area contributed by atoms with E-state index < -0.39 is 18.7 Å². The highest BCUT2D eigenvalue weighted by atomic mass is 19.4. The van der Waals surface area contributed by atoms with E-state index >= 15 is 0 Å². The number of nitrogens with one attached hydrogen (secondary N) is 1. The number of ketones is 1. The molecule has 2 rings (SSSR count). The fourth-order valence-corrected chi connectivity index (χ4v) is 2.46. The predicted octanol–water partition coefficient (Wildman–Crippen LogP) is 3.51. The predicted molar refractivity (Wildman–Crippen MR) is 106 cm³/mol. The van der Waals surface area contributed by atoms with E-state index in [1.54, 1.807) is 26.8 Å². The Morgan fingerprint density at radius 3 is 2.55 bits per heavy atom. The molecule has 0 saturated carbocycles. The maximum Gasteiger partial charge on any atom is 0.422 e. The lowest BCUT2D eigenvalue weighted by molar-refractivity contribution is -0.154. The first-order chi connectivity index (χ1) is 14.6. The second-order valence-electron chi connectivity index (χ2n) is 6.97. The summed E-state index contributed by atoms with van der Waals surface area (Å²) in [7, 11) is 0. The summed E-state index contributed by atoms with van der Waals surface area (Å²) in [4.78, 5) is 32.5. The van der Waals surface area contributed by atoms with Crippen LogP contribution in [0, 0.1) is 5.92 Å². The number of carbonyl (C=O) groups is 2. The van der Waals surface area contributed by atoms with E-state index in [1.165, 1.54) is 24.4 Å².